The molecule has 1 amide bonds. The SMILES string of the molecule is CC(=O)NC(CCSCCN(C)C)C(=O)O. The molecule has 0 rings (SSSR count). The van der Waals surface area contributed by atoms with Gasteiger partial charge in [0.25, 0.3) is 0 Å². The highest BCUT2D eigenvalue weighted by atomic mass is 32.2. The summed E-state index contributed by atoms with van der Waals surface area (Å²) >= 11 is 1.70. The van der Waals surface area contributed by atoms with Crippen LogP contribution >= 0.6 is 11.8 Å². The lowest BCUT2D eigenvalue weighted by atomic mass is 10.2. The van der Waals surface area contributed by atoms with E-state index in [0.29, 0.717) is 6.42 Å². The minimum atomic E-state index is -0.969. The molecule has 0 aromatic heterocycles. The first kappa shape index (κ1) is 15.2. The number of carbonyl (C=O) groups excluding carboxylic acids is 1. The summed E-state index contributed by atoms with van der Waals surface area (Å²) in [6.45, 7) is 2.30. The monoisotopic (exact) mass is 248 g/mol. The molecule has 0 aliphatic rings. The van der Waals surface area contributed by atoms with E-state index in [-0.39, 0.29) is 5.91 Å². The Bertz CT molecular complexity index is 234. The van der Waals surface area contributed by atoms with Crippen LogP contribution in [-0.2, 0) is 9.59 Å². The largest absolute Gasteiger partial charge is 0.480 e. The van der Waals surface area contributed by atoms with Crippen molar-refractivity contribution in [2.24, 2.45) is 0 Å². The van der Waals surface area contributed by atoms with Crippen molar-refractivity contribution in [2.75, 3.05) is 32.1 Å². The number of hydrogen-bond donors (Lipinski definition) is 2. The normalized spacial score (nSPS) is 12.5. The Balaban J connectivity index is 3.69. The number of carbonyl (C=O) groups is 2. The molecule has 0 aromatic rings. The first-order chi connectivity index (χ1) is 7.43. The molecule has 0 aromatic carbocycles. The Hall–Kier alpha value is -0.750. The highest BCUT2D eigenvalue weighted by Gasteiger charge is 2.17. The minimum absolute atomic E-state index is 0.300. The van der Waals surface area contributed by atoms with Gasteiger partial charge in [-0.15, -0.1) is 0 Å². The lowest BCUT2D eigenvalue weighted by Gasteiger charge is -2.13. The average molecular weight is 248 g/mol. The van der Waals surface area contributed by atoms with Crippen molar-refractivity contribution in [3.05, 3.63) is 0 Å². The molecule has 0 aliphatic carbocycles. The van der Waals surface area contributed by atoms with Gasteiger partial charge in [0.2, 0.25) is 5.91 Å². The van der Waals surface area contributed by atoms with Gasteiger partial charge in [0.05, 0.1) is 0 Å². The molecule has 0 bridgehead atoms. The molecule has 6 heteroatoms. The van der Waals surface area contributed by atoms with Crippen molar-refractivity contribution in [3.63, 3.8) is 0 Å². The van der Waals surface area contributed by atoms with Crippen LogP contribution in [0.4, 0.5) is 0 Å². The Morgan fingerprint density at radius 3 is 2.44 bits per heavy atom. The summed E-state index contributed by atoms with van der Waals surface area (Å²) in [5.41, 5.74) is 0. The fourth-order valence-electron chi connectivity index (χ4n) is 1.05. The van der Waals surface area contributed by atoms with Crippen LogP contribution in [0.15, 0.2) is 0 Å². The molecular formula is C10H20N2O3S. The number of carboxylic acids is 1. The van der Waals surface area contributed by atoms with Gasteiger partial charge in [-0.2, -0.15) is 11.8 Å². The summed E-state index contributed by atoms with van der Waals surface area (Å²) in [7, 11) is 4.00. The summed E-state index contributed by atoms with van der Waals surface area (Å²) < 4.78 is 0. The summed E-state index contributed by atoms with van der Waals surface area (Å²) in [4.78, 5) is 23.6. The van der Waals surface area contributed by atoms with Gasteiger partial charge < -0.3 is 15.3 Å². The smallest absolute Gasteiger partial charge is 0.326 e. The number of aliphatic carboxylic acids is 1. The Morgan fingerprint density at radius 2 is 2.00 bits per heavy atom. The minimum Gasteiger partial charge on any atom is -0.480 e. The zero-order valence-corrected chi connectivity index (χ0v) is 10.8. The molecule has 0 saturated heterocycles. The third kappa shape index (κ3) is 8.55. The van der Waals surface area contributed by atoms with E-state index in [1.54, 1.807) is 11.8 Å². The lowest BCUT2D eigenvalue weighted by Crippen LogP contribution is -2.39. The number of rotatable bonds is 8. The van der Waals surface area contributed by atoms with E-state index in [0.717, 1.165) is 18.1 Å². The molecule has 94 valence electrons. The van der Waals surface area contributed by atoms with Gasteiger partial charge in [0.15, 0.2) is 0 Å². The van der Waals surface area contributed by atoms with Crippen molar-refractivity contribution in [1.29, 1.82) is 0 Å². The maximum atomic E-state index is 10.8. The van der Waals surface area contributed by atoms with E-state index < -0.39 is 12.0 Å². The Morgan fingerprint density at radius 1 is 1.38 bits per heavy atom. The maximum absolute atomic E-state index is 10.8. The van der Waals surface area contributed by atoms with Crippen molar-refractivity contribution >= 4 is 23.6 Å². The predicted molar refractivity (Wildman–Crippen MR) is 65.7 cm³/mol. The van der Waals surface area contributed by atoms with Gasteiger partial charge in [-0.3, -0.25) is 4.79 Å². The van der Waals surface area contributed by atoms with Crippen LogP contribution in [0.5, 0.6) is 0 Å². The molecule has 16 heavy (non-hydrogen) atoms. The molecule has 1 unspecified atom stereocenters. The van der Waals surface area contributed by atoms with Gasteiger partial charge in [-0.1, -0.05) is 0 Å². The molecule has 5 nitrogen and oxygen atoms in total. The van der Waals surface area contributed by atoms with Gasteiger partial charge in [-0.05, 0) is 26.3 Å². The molecule has 0 spiro atoms. The topological polar surface area (TPSA) is 69.6 Å². The third-order valence-corrected chi connectivity index (χ3v) is 2.90. The number of hydrogen-bond acceptors (Lipinski definition) is 4. The van der Waals surface area contributed by atoms with Crippen LogP contribution in [0.25, 0.3) is 0 Å². The molecule has 0 heterocycles. The zero-order chi connectivity index (χ0) is 12.6. The van der Waals surface area contributed by atoms with E-state index in [1.807, 2.05) is 14.1 Å². The summed E-state index contributed by atoms with van der Waals surface area (Å²) in [6.07, 6.45) is 0.465. The fourth-order valence-corrected chi connectivity index (χ4v) is 2.15. The van der Waals surface area contributed by atoms with Crippen LogP contribution in [-0.4, -0.2) is 60.1 Å². The summed E-state index contributed by atoms with van der Waals surface area (Å²) in [5.74, 6) is 0.443. The standard InChI is InChI=1S/C10H20N2O3S/c1-8(13)11-9(10(14)15)4-6-16-7-5-12(2)3/h9H,4-7H2,1-3H3,(H,11,13)(H,14,15). The first-order valence-corrected chi connectivity index (χ1v) is 6.31. The second-order valence-electron chi connectivity index (χ2n) is 3.80. The Kier molecular flexibility index (Phi) is 8.01. The summed E-state index contributed by atoms with van der Waals surface area (Å²) in [5, 5.41) is 11.3. The average Bonchev–Trinajstić information content (AvgIpc) is 2.14. The van der Waals surface area contributed by atoms with Gasteiger partial charge in [-0.25, -0.2) is 4.79 Å². The maximum Gasteiger partial charge on any atom is 0.326 e. The van der Waals surface area contributed by atoms with E-state index in [4.69, 9.17) is 5.11 Å². The third-order valence-electron chi connectivity index (χ3n) is 1.91. The van der Waals surface area contributed by atoms with E-state index in [2.05, 4.69) is 10.2 Å². The van der Waals surface area contributed by atoms with Crippen LogP contribution in [0.1, 0.15) is 13.3 Å². The predicted octanol–water partition coefficient (Wildman–Crippen LogP) is 0.261. The van der Waals surface area contributed by atoms with Crippen molar-refractivity contribution in [1.82, 2.24) is 10.2 Å². The molecule has 0 aliphatic heterocycles. The number of thioether (sulfide) groups is 1. The zero-order valence-electron chi connectivity index (χ0n) is 10.0. The molecule has 1 atom stereocenters. The number of nitrogens with zero attached hydrogens (tertiary/aromatic N) is 1. The molecule has 0 radical (unpaired) electrons. The number of amides is 1. The van der Waals surface area contributed by atoms with Gasteiger partial charge in [0.1, 0.15) is 6.04 Å². The second kappa shape index (κ2) is 8.41. The summed E-state index contributed by atoms with van der Waals surface area (Å²) in [6, 6.07) is -0.760. The Labute approximate surface area is 101 Å². The van der Waals surface area contributed by atoms with Crippen LogP contribution in [0.3, 0.4) is 0 Å². The van der Waals surface area contributed by atoms with E-state index >= 15 is 0 Å². The van der Waals surface area contributed by atoms with E-state index in [9.17, 15) is 9.59 Å². The van der Waals surface area contributed by atoms with Crippen LogP contribution in [0.2, 0.25) is 0 Å². The molecule has 0 fully saturated rings. The van der Waals surface area contributed by atoms with Crippen molar-refractivity contribution in [3.8, 4) is 0 Å². The quantitative estimate of drug-likeness (QED) is 0.603. The van der Waals surface area contributed by atoms with Crippen LogP contribution < -0.4 is 5.32 Å². The molecular weight excluding hydrogens is 228 g/mol. The highest BCUT2D eigenvalue weighted by Crippen LogP contribution is 2.05. The van der Waals surface area contributed by atoms with E-state index in [1.165, 1.54) is 6.92 Å². The van der Waals surface area contributed by atoms with Crippen molar-refractivity contribution in [2.45, 2.75) is 19.4 Å². The fraction of sp³-hybridized carbons (Fsp3) is 0.800. The molecule has 2 N–H and O–H groups in total. The first-order valence-electron chi connectivity index (χ1n) is 5.16. The van der Waals surface area contributed by atoms with Gasteiger partial charge in [0, 0.05) is 19.2 Å². The number of carboxylic acid groups (broad SMARTS) is 1. The van der Waals surface area contributed by atoms with Gasteiger partial charge >= 0.3 is 5.97 Å². The van der Waals surface area contributed by atoms with Crippen molar-refractivity contribution < 1.29 is 14.7 Å². The molecule has 0 saturated carbocycles. The number of nitrogens with one attached hydrogen (secondary N) is 1. The second-order valence-corrected chi connectivity index (χ2v) is 5.02. The highest BCUT2D eigenvalue weighted by molar-refractivity contribution is 7.99. The van der Waals surface area contributed by atoms with Crippen LogP contribution in [0, 0.1) is 0 Å². The lowest BCUT2D eigenvalue weighted by molar-refractivity contribution is -0.141.